The van der Waals surface area contributed by atoms with Gasteiger partial charge in [-0.25, -0.2) is 0 Å². The monoisotopic (exact) mass is 391 g/mol. The van der Waals surface area contributed by atoms with Gasteiger partial charge in [0, 0.05) is 24.7 Å². The number of carbonyl (C=O) groups is 1. The van der Waals surface area contributed by atoms with Crippen LogP contribution in [0.1, 0.15) is 67.2 Å². The second kappa shape index (κ2) is 13.3. The molecule has 6 heteroatoms. The second-order valence-corrected chi connectivity index (χ2v) is 11.0. The van der Waals surface area contributed by atoms with Gasteiger partial charge in [0.2, 0.25) is 0 Å². The average Bonchev–Trinajstić information content (AvgIpc) is 2.54. The third-order valence-electron chi connectivity index (χ3n) is 4.84. The number of nitrogens with zero attached hydrogens (tertiary/aromatic N) is 1. The number of thiol groups is 1. The molecule has 4 atom stereocenters. The van der Waals surface area contributed by atoms with E-state index in [1.165, 1.54) is 0 Å². The zero-order chi connectivity index (χ0) is 19.5. The van der Waals surface area contributed by atoms with Gasteiger partial charge in [-0.2, -0.15) is 12.6 Å². The first-order chi connectivity index (χ1) is 11.7. The van der Waals surface area contributed by atoms with E-state index in [0.29, 0.717) is 36.4 Å². The lowest BCUT2D eigenvalue weighted by atomic mass is 9.97. The summed E-state index contributed by atoms with van der Waals surface area (Å²) in [6.45, 7) is 17.3. The summed E-state index contributed by atoms with van der Waals surface area (Å²) >= 11 is 4.63. The summed E-state index contributed by atoms with van der Waals surface area (Å²) in [6, 6.07) is 0.725. The Morgan fingerprint density at radius 1 is 1.16 bits per heavy atom. The van der Waals surface area contributed by atoms with Gasteiger partial charge < -0.3 is 8.85 Å². The fraction of sp³-hybridized carbons (Fsp3) is 0.947. The second-order valence-electron chi connectivity index (χ2n) is 7.08. The first kappa shape index (κ1) is 25.1. The van der Waals surface area contributed by atoms with Gasteiger partial charge in [-0.15, -0.1) is 0 Å². The van der Waals surface area contributed by atoms with Crippen LogP contribution in [-0.4, -0.2) is 50.4 Å². The Kier molecular flexibility index (Phi) is 13.4. The van der Waals surface area contributed by atoms with Crippen molar-refractivity contribution >= 4 is 27.0 Å². The van der Waals surface area contributed by atoms with E-state index >= 15 is 0 Å². The fourth-order valence-electron chi connectivity index (χ4n) is 3.19. The molecular formula is C19H41NO3SSi. The highest BCUT2D eigenvalue weighted by molar-refractivity contribution is 7.81. The SMILES string of the molecule is CCCC(S)C(C)CC(=O)CC[Si](C)(OCC)OC(C)N(CC)CC. The van der Waals surface area contributed by atoms with Crippen LogP contribution in [0.4, 0.5) is 0 Å². The minimum atomic E-state index is -2.35. The summed E-state index contributed by atoms with van der Waals surface area (Å²) in [7, 11) is -2.35. The largest absolute Gasteiger partial charge is 0.395 e. The van der Waals surface area contributed by atoms with Crippen molar-refractivity contribution in [2.75, 3.05) is 19.7 Å². The molecule has 0 N–H and O–H groups in total. The van der Waals surface area contributed by atoms with Gasteiger partial charge >= 0.3 is 8.56 Å². The van der Waals surface area contributed by atoms with Crippen LogP contribution in [0.15, 0.2) is 0 Å². The molecule has 4 nitrogen and oxygen atoms in total. The van der Waals surface area contributed by atoms with Gasteiger partial charge in [0.1, 0.15) is 5.78 Å². The van der Waals surface area contributed by atoms with E-state index in [2.05, 4.69) is 58.7 Å². The van der Waals surface area contributed by atoms with E-state index in [0.717, 1.165) is 32.0 Å². The molecule has 0 aliphatic carbocycles. The maximum absolute atomic E-state index is 12.4. The number of rotatable bonds is 15. The number of carbonyl (C=O) groups excluding carboxylic acids is 1. The first-order valence-electron chi connectivity index (χ1n) is 9.98. The molecule has 0 aliphatic rings. The molecule has 0 rings (SSSR count). The van der Waals surface area contributed by atoms with E-state index in [9.17, 15) is 4.79 Å². The lowest BCUT2D eigenvalue weighted by Crippen LogP contribution is -2.47. The van der Waals surface area contributed by atoms with Crippen LogP contribution in [0, 0.1) is 5.92 Å². The van der Waals surface area contributed by atoms with Crippen molar-refractivity contribution in [3.63, 3.8) is 0 Å². The molecule has 0 aromatic carbocycles. The molecule has 0 heterocycles. The van der Waals surface area contributed by atoms with Crippen LogP contribution in [0.3, 0.4) is 0 Å². The number of ketones is 1. The third-order valence-corrected chi connectivity index (χ3v) is 8.51. The van der Waals surface area contributed by atoms with Crippen LogP contribution in [0.5, 0.6) is 0 Å². The Bertz CT molecular complexity index is 369. The van der Waals surface area contributed by atoms with Gasteiger partial charge in [0.15, 0.2) is 0 Å². The summed E-state index contributed by atoms with van der Waals surface area (Å²) < 4.78 is 12.3. The van der Waals surface area contributed by atoms with Crippen molar-refractivity contribution in [1.29, 1.82) is 0 Å². The fourth-order valence-corrected chi connectivity index (χ4v) is 6.10. The lowest BCUT2D eigenvalue weighted by molar-refractivity contribution is -0.119. The number of hydrogen-bond acceptors (Lipinski definition) is 5. The highest BCUT2D eigenvalue weighted by Crippen LogP contribution is 2.23. The zero-order valence-electron chi connectivity index (χ0n) is 17.5. The van der Waals surface area contributed by atoms with Crippen LogP contribution >= 0.6 is 12.6 Å². The molecule has 0 aliphatic heterocycles. The lowest BCUT2D eigenvalue weighted by Gasteiger charge is -2.35. The van der Waals surface area contributed by atoms with Gasteiger partial charge in [-0.1, -0.05) is 34.1 Å². The van der Waals surface area contributed by atoms with Crippen molar-refractivity contribution in [3.05, 3.63) is 0 Å². The Labute approximate surface area is 162 Å². The summed E-state index contributed by atoms with van der Waals surface area (Å²) in [6.07, 6.45) is 3.35. The topological polar surface area (TPSA) is 38.8 Å². The molecule has 4 unspecified atom stereocenters. The molecule has 0 aromatic rings. The summed E-state index contributed by atoms with van der Waals surface area (Å²) in [4.78, 5) is 14.7. The maximum atomic E-state index is 12.4. The molecule has 0 spiro atoms. The molecule has 0 saturated heterocycles. The van der Waals surface area contributed by atoms with Gasteiger partial charge in [0.25, 0.3) is 0 Å². The quantitative estimate of drug-likeness (QED) is 0.245. The molecule has 150 valence electrons. The Morgan fingerprint density at radius 3 is 2.24 bits per heavy atom. The van der Waals surface area contributed by atoms with Crippen molar-refractivity contribution in [2.45, 2.75) is 91.3 Å². The third kappa shape index (κ3) is 10.1. The van der Waals surface area contributed by atoms with E-state index in [1.54, 1.807) is 0 Å². The van der Waals surface area contributed by atoms with E-state index < -0.39 is 8.56 Å². The maximum Gasteiger partial charge on any atom is 0.336 e. The predicted molar refractivity (Wildman–Crippen MR) is 113 cm³/mol. The van der Waals surface area contributed by atoms with Gasteiger partial charge in [-0.05, 0) is 51.9 Å². The van der Waals surface area contributed by atoms with Crippen molar-refractivity contribution in [2.24, 2.45) is 5.92 Å². The molecule has 0 aromatic heterocycles. The highest BCUT2D eigenvalue weighted by Gasteiger charge is 2.35. The molecule has 0 bridgehead atoms. The Balaban J connectivity index is 4.61. The normalized spacial score (nSPS) is 18.0. The first-order valence-corrected chi connectivity index (χ1v) is 13.0. The molecule has 0 amide bonds. The smallest absolute Gasteiger partial charge is 0.336 e. The molecule has 25 heavy (non-hydrogen) atoms. The summed E-state index contributed by atoms with van der Waals surface area (Å²) in [5, 5.41) is 0.309. The van der Waals surface area contributed by atoms with E-state index in [1.807, 2.05) is 6.92 Å². The van der Waals surface area contributed by atoms with E-state index in [4.69, 9.17) is 8.85 Å². The van der Waals surface area contributed by atoms with Crippen molar-refractivity contribution in [3.8, 4) is 0 Å². The van der Waals surface area contributed by atoms with Crippen LogP contribution in [0.25, 0.3) is 0 Å². The molecule has 0 fully saturated rings. The standard InChI is InChI=1S/C19H41NO3SSi/c1-8-12-19(24)16(5)15-18(21)13-14-25(7,22-11-4)23-17(6)20(9-2)10-3/h16-17,19,24H,8-15H2,1-7H3. The Hall–Kier alpha value is 0.117. The zero-order valence-corrected chi connectivity index (χ0v) is 19.4. The molecular weight excluding hydrogens is 350 g/mol. The number of hydrogen-bond donors (Lipinski definition) is 1. The van der Waals surface area contributed by atoms with Crippen LogP contribution in [-0.2, 0) is 13.6 Å². The summed E-state index contributed by atoms with van der Waals surface area (Å²) in [5.41, 5.74) is 0. The van der Waals surface area contributed by atoms with Crippen molar-refractivity contribution in [1.82, 2.24) is 4.90 Å². The molecule has 0 saturated carbocycles. The number of Topliss-reactive ketones (excluding diaryl/α,β-unsaturated/α-hetero) is 1. The predicted octanol–water partition coefficient (Wildman–Crippen LogP) is 4.88. The summed E-state index contributed by atoms with van der Waals surface area (Å²) in [5.74, 6) is 0.631. The van der Waals surface area contributed by atoms with Crippen LogP contribution in [0.2, 0.25) is 12.6 Å². The minimum absolute atomic E-state index is 0.0265. The Morgan fingerprint density at radius 2 is 1.76 bits per heavy atom. The van der Waals surface area contributed by atoms with Gasteiger partial charge in [0.05, 0.1) is 6.23 Å². The van der Waals surface area contributed by atoms with E-state index in [-0.39, 0.29) is 6.23 Å². The average molecular weight is 392 g/mol. The van der Waals surface area contributed by atoms with Crippen LogP contribution < -0.4 is 0 Å². The highest BCUT2D eigenvalue weighted by atomic mass is 32.1. The molecule has 0 radical (unpaired) electrons. The minimum Gasteiger partial charge on any atom is -0.395 e. The van der Waals surface area contributed by atoms with Crippen molar-refractivity contribution < 1.29 is 13.6 Å². The van der Waals surface area contributed by atoms with Gasteiger partial charge in [-0.3, -0.25) is 9.69 Å².